The number of amides is 1. The summed E-state index contributed by atoms with van der Waals surface area (Å²) in [5.41, 5.74) is 1.93. The minimum atomic E-state index is 0.141. The molecule has 0 unspecified atom stereocenters. The SMILES string of the molecule is CCCn1c(SCC(=O)N2CCN(c3cnccn3)CC2)nc2cc(Cl)ccc21. The molecule has 1 amide bonds. The molecule has 1 saturated heterocycles. The van der Waals surface area contributed by atoms with Crippen LogP contribution >= 0.6 is 23.4 Å². The van der Waals surface area contributed by atoms with Crippen molar-refractivity contribution in [1.29, 1.82) is 0 Å². The molecule has 1 fully saturated rings. The Morgan fingerprint density at radius 3 is 2.76 bits per heavy atom. The second-order valence-electron chi connectivity index (χ2n) is 6.90. The lowest BCUT2D eigenvalue weighted by Gasteiger charge is -2.35. The van der Waals surface area contributed by atoms with Crippen LogP contribution in [-0.2, 0) is 11.3 Å². The van der Waals surface area contributed by atoms with Gasteiger partial charge in [-0.1, -0.05) is 30.3 Å². The van der Waals surface area contributed by atoms with E-state index in [9.17, 15) is 4.79 Å². The smallest absolute Gasteiger partial charge is 0.233 e. The summed E-state index contributed by atoms with van der Waals surface area (Å²) in [6.07, 6.45) is 6.12. The number of anilines is 1. The Morgan fingerprint density at radius 2 is 2.03 bits per heavy atom. The minimum absolute atomic E-state index is 0.141. The highest BCUT2D eigenvalue weighted by molar-refractivity contribution is 7.99. The first-order valence-electron chi connectivity index (χ1n) is 9.73. The summed E-state index contributed by atoms with van der Waals surface area (Å²) in [4.78, 5) is 30.0. The largest absolute Gasteiger partial charge is 0.352 e. The van der Waals surface area contributed by atoms with Crippen LogP contribution in [0.3, 0.4) is 0 Å². The molecule has 1 aliphatic heterocycles. The summed E-state index contributed by atoms with van der Waals surface area (Å²) in [5, 5.41) is 1.54. The van der Waals surface area contributed by atoms with E-state index >= 15 is 0 Å². The van der Waals surface area contributed by atoms with Crippen molar-refractivity contribution in [2.45, 2.75) is 25.0 Å². The first kappa shape index (κ1) is 20.0. The summed E-state index contributed by atoms with van der Waals surface area (Å²) in [5.74, 6) is 1.38. The van der Waals surface area contributed by atoms with Crippen LogP contribution in [0.15, 0.2) is 41.9 Å². The number of halogens is 1. The van der Waals surface area contributed by atoms with E-state index in [2.05, 4.69) is 26.4 Å². The van der Waals surface area contributed by atoms with Crippen LogP contribution in [0.5, 0.6) is 0 Å². The third-order valence-electron chi connectivity index (χ3n) is 4.95. The van der Waals surface area contributed by atoms with Gasteiger partial charge in [-0.2, -0.15) is 0 Å². The zero-order chi connectivity index (χ0) is 20.2. The van der Waals surface area contributed by atoms with Crippen LogP contribution in [-0.4, -0.2) is 62.3 Å². The molecule has 4 rings (SSSR count). The number of carbonyl (C=O) groups excluding carboxylic acids is 1. The van der Waals surface area contributed by atoms with Gasteiger partial charge >= 0.3 is 0 Å². The van der Waals surface area contributed by atoms with Crippen molar-refractivity contribution in [3.63, 3.8) is 0 Å². The van der Waals surface area contributed by atoms with E-state index in [1.165, 1.54) is 11.8 Å². The van der Waals surface area contributed by atoms with E-state index in [1.54, 1.807) is 18.6 Å². The average molecular weight is 431 g/mol. The van der Waals surface area contributed by atoms with Crippen molar-refractivity contribution in [3.05, 3.63) is 41.8 Å². The number of hydrogen-bond donors (Lipinski definition) is 0. The Balaban J connectivity index is 1.38. The summed E-state index contributed by atoms with van der Waals surface area (Å²) < 4.78 is 2.18. The number of fused-ring (bicyclic) bond motifs is 1. The van der Waals surface area contributed by atoms with Crippen molar-refractivity contribution in [2.75, 3.05) is 36.8 Å². The first-order valence-corrected chi connectivity index (χ1v) is 11.1. The lowest BCUT2D eigenvalue weighted by molar-refractivity contribution is -0.128. The average Bonchev–Trinajstić information content (AvgIpc) is 3.09. The second-order valence-corrected chi connectivity index (χ2v) is 8.28. The van der Waals surface area contributed by atoms with Gasteiger partial charge in [-0.25, -0.2) is 9.97 Å². The maximum Gasteiger partial charge on any atom is 0.233 e. The fraction of sp³-hybridized carbons (Fsp3) is 0.400. The van der Waals surface area contributed by atoms with E-state index in [0.29, 0.717) is 23.9 Å². The molecule has 7 nitrogen and oxygen atoms in total. The number of aryl methyl sites for hydroxylation is 1. The van der Waals surface area contributed by atoms with Crippen LogP contribution in [0.4, 0.5) is 5.82 Å². The molecule has 0 radical (unpaired) electrons. The summed E-state index contributed by atoms with van der Waals surface area (Å²) in [7, 11) is 0. The van der Waals surface area contributed by atoms with Crippen molar-refractivity contribution in [1.82, 2.24) is 24.4 Å². The van der Waals surface area contributed by atoms with E-state index in [-0.39, 0.29) is 5.91 Å². The molecule has 3 aromatic rings. The quantitative estimate of drug-likeness (QED) is 0.559. The van der Waals surface area contributed by atoms with Gasteiger partial charge < -0.3 is 14.4 Å². The Bertz CT molecular complexity index is 987. The summed E-state index contributed by atoms with van der Waals surface area (Å²) in [6.45, 7) is 5.92. The summed E-state index contributed by atoms with van der Waals surface area (Å²) in [6, 6.07) is 5.76. The number of aromatic nitrogens is 4. The second kappa shape index (κ2) is 9.00. The third-order valence-corrected chi connectivity index (χ3v) is 6.15. The van der Waals surface area contributed by atoms with Gasteiger partial charge in [0, 0.05) is 50.1 Å². The van der Waals surface area contributed by atoms with Gasteiger partial charge in [-0.05, 0) is 24.6 Å². The molecule has 0 N–H and O–H groups in total. The first-order chi connectivity index (χ1) is 14.2. The Kier molecular flexibility index (Phi) is 6.20. The number of piperazine rings is 1. The number of benzene rings is 1. The highest BCUT2D eigenvalue weighted by Crippen LogP contribution is 2.27. The fourth-order valence-electron chi connectivity index (χ4n) is 3.49. The monoisotopic (exact) mass is 430 g/mol. The molecule has 9 heteroatoms. The molecular formula is C20H23ClN6OS. The van der Waals surface area contributed by atoms with Gasteiger partial charge in [0.1, 0.15) is 5.82 Å². The maximum absolute atomic E-state index is 12.8. The topological polar surface area (TPSA) is 67.2 Å². The fourth-order valence-corrected chi connectivity index (χ4v) is 4.60. The normalized spacial score (nSPS) is 14.6. The molecule has 0 saturated carbocycles. The number of rotatable bonds is 6. The zero-order valence-electron chi connectivity index (χ0n) is 16.3. The minimum Gasteiger partial charge on any atom is -0.352 e. The van der Waals surface area contributed by atoms with Gasteiger partial charge in [-0.3, -0.25) is 9.78 Å². The molecule has 0 atom stereocenters. The van der Waals surface area contributed by atoms with Crippen LogP contribution < -0.4 is 4.90 Å². The molecule has 152 valence electrons. The van der Waals surface area contributed by atoms with Gasteiger partial charge in [0.2, 0.25) is 5.91 Å². The van der Waals surface area contributed by atoms with E-state index in [0.717, 1.165) is 48.1 Å². The van der Waals surface area contributed by atoms with Crippen molar-refractivity contribution in [3.8, 4) is 0 Å². The lowest BCUT2D eigenvalue weighted by atomic mass is 10.3. The van der Waals surface area contributed by atoms with Gasteiger partial charge in [0.05, 0.1) is 23.0 Å². The summed E-state index contributed by atoms with van der Waals surface area (Å²) >= 11 is 7.61. The number of hydrogen-bond acceptors (Lipinski definition) is 6. The van der Waals surface area contributed by atoms with Gasteiger partial charge in [0.15, 0.2) is 5.16 Å². The van der Waals surface area contributed by atoms with Crippen LogP contribution in [0.2, 0.25) is 5.02 Å². The van der Waals surface area contributed by atoms with Crippen LogP contribution in [0.25, 0.3) is 11.0 Å². The Labute approximate surface area is 179 Å². The maximum atomic E-state index is 12.8. The zero-order valence-corrected chi connectivity index (χ0v) is 17.9. The van der Waals surface area contributed by atoms with Crippen molar-refractivity contribution >= 4 is 46.1 Å². The molecule has 0 bridgehead atoms. The number of nitrogens with zero attached hydrogens (tertiary/aromatic N) is 6. The van der Waals surface area contributed by atoms with E-state index in [4.69, 9.17) is 16.6 Å². The van der Waals surface area contributed by atoms with E-state index in [1.807, 2.05) is 23.1 Å². The molecule has 0 spiro atoms. The molecule has 1 aliphatic rings. The van der Waals surface area contributed by atoms with Gasteiger partial charge in [-0.15, -0.1) is 0 Å². The molecule has 2 aromatic heterocycles. The number of carbonyl (C=O) groups is 1. The highest BCUT2D eigenvalue weighted by Gasteiger charge is 2.23. The van der Waals surface area contributed by atoms with Crippen LogP contribution in [0.1, 0.15) is 13.3 Å². The Hall–Kier alpha value is -2.32. The number of imidazole rings is 1. The van der Waals surface area contributed by atoms with Crippen molar-refractivity contribution in [2.24, 2.45) is 0 Å². The third kappa shape index (κ3) is 4.48. The lowest BCUT2D eigenvalue weighted by Crippen LogP contribution is -2.49. The predicted molar refractivity (Wildman–Crippen MR) is 117 cm³/mol. The molecular weight excluding hydrogens is 408 g/mol. The Morgan fingerprint density at radius 1 is 1.21 bits per heavy atom. The van der Waals surface area contributed by atoms with Crippen LogP contribution in [0, 0.1) is 0 Å². The standard InChI is InChI=1S/C20H23ClN6OS/c1-2-7-27-17-4-3-15(21)12-16(17)24-20(27)29-14-19(28)26-10-8-25(9-11-26)18-13-22-5-6-23-18/h3-6,12-13H,2,7-11,14H2,1H3. The van der Waals surface area contributed by atoms with E-state index < -0.39 is 0 Å². The molecule has 0 aliphatic carbocycles. The predicted octanol–water partition coefficient (Wildman–Crippen LogP) is 3.33. The molecule has 3 heterocycles. The molecule has 29 heavy (non-hydrogen) atoms. The molecule has 1 aromatic carbocycles. The highest BCUT2D eigenvalue weighted by atomic mass is 35.5. The number of thioether (sulfide) groups is 1. The van der Waals surface area contributed by atoms with Crippen molar-refractivity contribution < 1.29 is 4.79 Å². The van der Waals surface area contributed by atoms with Gasteiger partial charge in [0.25, 0.3) is 0 Å².